The molecule has 0 fully saturated rings. The van der Waals surface area contributed by atoms with Crippen molar-refractivity contribution >= 4 is 32.0 Å². The molecule has 5 heavy (non-hydrogen) atoms. The van der Waals surface area contributed by atoms with Crippen LogP contribution in [0, 0.1) is 0 Å². The fourth-order valence-electron chi connectivity index (χ4n) is 0. The Bertz CT molecular complexity index is 29.9. The molecule has 0 aromatic heterocycles. The quantitative estimate of drug-likeness (QED) is 0.574. The zero-order valence-electron chi connectivity index (χ0n) is 3.36. The average Bonchev–Trinajstić information content (AvgIpc) is 0.811. The van der Waals surface area contributed by atoms with Crippen molar-refractivity contribution in [1.82, 2.24) is 0 Å². The Labute approximate surface area is 50.9 Å². The van der Waals surface area contributed by atoms with Crippen LogP contribution in [0.1, 0.15) is 13.8 Å². The van der Waals surface area contributed by atoms with Gasteiger partial charge in [-0.2, -0.15) is 0 Å². The molecular formula is C3H6BiO+3. The van der Waals surface area contributed by atoms with Crippen LogP contribution in [0.25, 0.3) is 0 Å². The minimum atomic E-state index is 0. The first-order valence-corrected chi connectivity index (χ1v) is 1.20. The van der Waals surface area contributed by atoms with E-state index in [-0.39, 0.29) is 32.0 Å². The van der Waals surface area contributed by atoms with Gasteiger partial charge in [-0.05, 0) is 13.8 Å². The Morgan fingerprint density at radius 1 is 1.40 bits per heavy atom. The summed E-state index contributed by atoms with van der Waals surface area (Å²) in [7, 11) is 0. The van der Waals surface area contributed by atoms with Gasteiger partial charge in [-0.1, -0.05) is 0 Å². The molecule has 0 atom stereocenters. The van der Waals surface area contributed by atoms with E-state index in [1.165, 1.54) is 13.8 Å². The van der Waals surface area contributed by atoms with Gasteiger partial charge >= 0.3 is 26.2 Å². The Hall–Kier alpha value is 0.553. The normalized spacial score (nSPS) is 5.20. The van der Waals surface area contributed by atoms with Gasteiger partial charge in [0.05, 0.1) is 0 Å². The van der Waals surface area contributed by atoms with E-state index >= 15 is 0 Å². The molecule has 0 unspecified atom stereocenters. The van der Waals surface area contributed by atoms with Crippen LogP contribution >= 0.6 is 0 Å². The molecule has 0 aromatic carbocycles. The first-order chi connectivity index (χ1) is 1.73. The number of Topliss-reactive ketones (excluding diaryl/α,β-unsaturated/α-hetero) is 1. The molecule has 1 nitrogen and oxygen atoms in total. The number of carbonyl (C=O) groups is 1. The van der Waals surface area contributed by atoms with E-state index in [1.807, 2.05) is 0 Å². The maximum Gasteiger partial charge on any atom is 3.00 e. The first-order valence-electron chi connectivity index (χ1n) is 1.20. The molecule has 0 aromatic rings. The number of carbonyl (C=O) groups excluding carboxylic acids is 1. The molecule has 0 amide bonds. The zero-order valence-corrected chi connectivity index (χ0v) is 6.83. The van der Waals surface area contributed by atoms with E-state index in [4.69, 9.17) is 0 Å². The predicted octanol–water partition coefficient (Wildman–Crippen LogP) is 0.214. The van der Waals surface area contributed by atoms with E-state index < -0.39 is 0 Å². The van der Waals surface area contributed by atoms with Crippen LogP contribution in [0.2, 0.25) is 0 Å². The van der Waals surface area contributed by atoms with E-state index in [0.29, 0.717) is 0 Å². The predicted molar refractivity (Wildman–Crippen MR) is 22.1 cm³/mol. The van der Waals surface area contributed by atoms with E-state index in [2.05, 4.69) is 0 Å². The fraction of sp³-hybridized carbons (Fsp3) is 0.667. The molecule has 2 radical (unpaired) electrons. The molecule has 0 N–H and O–H groups in total. The van der Waals surface area contributed by atoms with E-state index in [1.54, 1.807) is 0 Å². The Kier molecular flexibility index (Phi) is 8.30. The van der Waals surface area contributed by atoms with Gasteiger partial charge in [-0.15, -0.1) is 0 Å². The van der Waals surface area contributed by atoms with Gasteiger partial charge in [-0.25, -0.2) is 0 Å². The smallest absolute Gasteiger partial charge is 0.300 e. The van der Waals surface area contributed by atoms with Crippen molar-refractivity contribution in [2.45, 2.75) is 13.8 Å². The van der Waals surface area contributed by atoms with Crippen LogP contribution in [0.5, 0.6) is 0 Å². The second-order valence-corrected chi connectivity index (χ2v) is 0.908. The second kappa shape index (κ2) is 4.55. The molecule has 0 aliphatic carbocycles. The standard InChI is InChI=1S/C3H6O.Bi/c1-3(2)4;/h1-2H3;/q;+3. The van der Waals surface area contributed by atoms with Crippen molar-refractivity contribution in [3.05, 3.63) is 0 Å². The molecule has 0 spiro atoms. The Balaban J connectivity index is 0. The van der Waals surface area contributed by atoms with Gasteiger partial charge < -0.3 is 4.79 Å². The topological polar surface area (TPSA) is 17.1 Å². The van der Waals surface area contributed by atoms with Crippen LogP contribution < -0.4 is 0 Å². The first kappa shape index (κ1) is 9.12. The second-order valence-electron chi connectivity index (χ2n) is 0.908. The minimum Gasteiger partial charge on any atom is -0.300 e. The third kappa shape index (κ3) is 97.0. The van der Waals surface area contributed by atoms with Crippen LogP contribution in [0.3, 0.4) is 0 Å². The SMILES string of the molecule is CC(C)=O.[Bi+3]. The minimum absolute atomic E-state index is 0. The monoisotopic (exact) mass is 267 g/mol. The number of hydrogen-bond acceptors (Lipinski definition) is 1. The summed E-state index contributed by atoms with van der Waals surface area (Å²) in [6.45, 7) is 3.06. The molecule has 0 saturated heterocycles. The number of hydrogen-bond donors (Lipinski definition) is 0. The summed E-state index contributed by atoms with van der Waals surface area (Å²) in [5.74, 6) is 0.167. The van der Waals surface area contributed by atoms with E-state index in [9.17, 15) is 4.79 Å². The summed E-state index contributed by atoms with van der Waals surface area (Å²) in [6.07, 6.45) is 0. The van der Waals surface area contributed by atoms with Gasteiger partial charge in [0.25, 0.3) is 0 Å². The molecule has 0 bridgehead atoms. The van der Waals surface area contributed by atoms with Crippen molar-refractivity contribution in [2.75, 3.05) is 0 Å². The fourth-order valence-corrected chi connectivity index (χ4v) is 0. The number of ketones is 1. The molecule has 0 aliphatic rings. The average molecular weight is 267 g/mol. The van der Waals surface area contributed by atoms with Gasteiger partial charge in [-0.3, -0.25) is 0 Å². The van der Waals surface area contributed by atoms with Gasteiger partial charge in [0, 0.05) is 0 Å². The van der Waals surface area contributed by atoms with E-state index in [0.717, 1.165) is 0 Å². The van der Waals surface area contributed by atoms with Crippen LogP contribution in [0.4, 0.5) is 0 Å². The summed E-state index contributed by atoms with van der Waals surface area (Å²) in [5, 5.41) is 0. The molecule has 0 aliphatic heterocycles. The van der Waals surface area contributed by atoms with Gasteiger partial charge in [0.1, 0.15) is 5.78 Å². The Morgan fingerprint density at radius 3 is 1.40 bits per heavy atom. The largest absolute Gasteiger partial charge is 3.00 e. The third-order valence-electron chi connectivity index (χ3n) is 0. The van der Waals surface area contributed by atoms with Crippen LogP contribution in [-0.4, -0.2) is 32.0 Å². The molecule has 2 heteroatoms. The summed E-state index contributed by atoms with van der Waals surface area (Å²) in [6, 6.07) is 0. The van der Waals surface area contributed by atoms with Gasteiger partial charge in [0.2, 0.25) is 0 Å². The molecule has 0 rings (SSSR count). The van der Waals surface area contributed by atoms with Crippen molar-refractivity contribution in [3.63, 3.8) is 0 Å². The summed E-state index contributed by atoms with van der Waals surface area (Å²) in [5.41, 5.74) is 0. The molecule has 0 heterocycles. The molecular weight excluding hydrogens is 261 g/mol. The van der Waals surface area contributed by atoms with Gasteiger partial charge in [0.15, 0.2) is 0 Å². The maximum atomic E-state index is 9.44. The molecule has 26 valence electrons. The van der Waals surface area contributed by atoms with Crippen molar-refractivity contribution in [1.29, 1.82) is 0 Å². The van der Waals surface area contributed by atoms with Crippen LogP contribution in [0.15, 0.2) is 0 Å². The summed E-state index contributed by atoms with van der Waals surface area (Å²) in [4.78, 5) is 9.44. The zero-order chi connectivity index (χ0) is 3.58. The van der Waals surface area contributed by atoms with Crippen molar-refractivity contribution in [3.8, 4) is 0 Å². The third-order valence-corrected chi connectivity index (χ3v) is 0. The molecule has 0 saturated carbocycles. The Morgan fingerprint density at radius 2 is 1.40 bits per heavy atom. The van der Waals surface area contributed by atoms with Crippen molar-refractivity contribution in [2.24, 2.45) is 0 Å². The maximum absolute atomic E-state index is 9.44. The summed E-state index contributed by atoms with van der Waals surface area (Å²) < 4.78 is 0. The van der Waals surface area contributed by atoms with Crippen LogP contribution in [-0.2, 0) is 4.79 Å². The number of rotatable bonds is 0. The summed E-state index contributed by atoms with van der Waals surface area (Å²) >= 11 is 0. The van der Waals surface area contributed by atoms with Crippen molar-refractivity contribution < 1.29 is 4.79 Å².